The number of rotatable bonds is 5. The Morgan fingerprint density at radius 3 is 2.58 bits per heavy atom. The number of hydrogen-bond donors (Lipinski definition) is 1. The predicted octanol–water partition coefficient (Wildman–Crippen LogP) is 3.91. The molecule has 0 unspecified atom stereocenters. The van der Waals surface area contributed by atoms with Crippen LogP contribution < -0.4 is 5.32 Å². The van der Waals surface area contributed by atoms with Crippen LogP contribution in [-0.4, -0.2) is 12.1 Å². The molecule has 1 aromatic heterocycles. The molecular weight excluding hydrogens is 304 g/mol. The van der Waals surface area contributed by atoms with Gasteiger partial charge >= 0.3 is 0 Å². The molecule has 2 aromatic rings. The van der Waals surface area contributed by atoms with E-state index in [4.69, 9.17) is 4.74 Å². The summed E-state index contributed by atoms with van der Waals surface area (Å²) >= 11 is 3.45. The maximum atomic E-state index is 5.21. The lowest BCUT2D eigenvalue weighted by atomic mass is 10.1. The molecule has 100 valence electrons. The summed E-state index contributed by atoms with van der Waals surface area (Å²) in [5.41, 5.74) is 3.41. The molecule has 0 bridgehead atoms. The number of halogens is 1. The Labute approximate surface area is 122 Å². The Balaban J connectivity index is 2.07. The summed E-state index contributed by atoms with van der Waals surface area (Å²) in [5, 5.41) is 3.34. The number of aromatic nitrogens is 1. The fourth-order valence-corrected chi connectivity index (χ4v) is 2.08. The lowest BCUT2D eigenvalue weighted by Crippen LogP contribution is -2.05. The summed E-state index contributed by atoms with van der Waals surface area (Å²) in [6.07, 6.45) is 0. The Hall–Kier alpha value is -1.39. The van der Waals surface area contributed by atoms with Crippen molar-refractivity contribution < 1.29 is 4.74 Å². The normalized spacial score (nSPS) is 10.5. The van der Waals surface area contributed by atoms with Crippen molar-refractivity contribution in [2.45, 2.75) is 20.1 Å². The second-order valence-electron chi connectivity index (χ2n) is 4.32. The lowest BCUT2D eigenvalue weighted by Gasteiger charge is -2.11. The fourth-order valence-electron chi connectivity index (χ4n) is 1.85. The van der Waals surface area contributed by atoms with Crippen LogP contribution in [0, 0.1) is 6.92 Å². The van der Waals surface area contributed by atoms with Crippen LogP contribution in [0.2, 0.25) is 0 Å². The standard InChI is InChI=1S/C15H17BrN2O/c1-11-14(16)7-8-15(18-11)17-9-12-5-3-4-6-13(12)10-19-2/h3-8H,9-10H2,1-2H3,(H,17,18). The van der Waals surface area contributed by atoms with Crippen LogP contribution in [0.15, 0.2) is 40.9 Å². The molecule has 1 N–H and O–H groups in total. The lowest BCUT2D eigenvalue weighted by molar-refractivity contribution is 0.184. The number of anilines is 1. The van der Waals surface area contributed by atoms with Crippen molar-refractivity contribution in [2.24, 2.45) is 0 Å². The van der Waals surface area contributed by atoms with E-state index >= 15 is 0 Å². The quantitative estimate of drug-likeness (QED) is 0.906. The molecule has 3 nitrogen and oxygen atoms in total. The molecule has 4 heteroatoms. The second kappa shape index (κ2) is 6.68. The van der Waals surface area contributed by atoms with E-state index in [1.165, 1.54) is 11.1 Å². The molecule has 0 saturated heterocycles. The van der Waals surface area contributed by atoms with E-state index in [2.05, 4.69) is 38.4 Å². The second-order valence-corrected chi connectivity index (χ2v) is 5.17. The molecule has 0 atom stereocenters. The van der Waals surface area contributed by atoms with Gasteiger partial charge in [-0.25, -0.2) is 4.98 Å². The van der Waals surface area contributed by atoms with E-state index in [1.807, 2.05) is 31.2 Å². The number of aryl methyl sites for hydroxylation is 1. The molecule has 0 spiro atoms. The van der Waals surface area contributed by atoms with Crippen LogP contribution in [0.3, 0.4) is 0 Å². The van der Waals surface area contributed by atoms with Gasteiger partial charge in [-0.3, -0.25) is 0 Å². The molecule has 1 heterocycles. The number of benzene rings is 1. The molecule has 0 fully saturated rings. The van der Waals surface area contributed by atoms with Crippen LogP contribution in [0.1, 0.15) is 16.8 Å². The van der Waals surface area contributed by atoms with Crippen molar-refractivity contribution >= 4 is 21.7 Å². The Morgan fingerprint density at radius 1 is 1.16 bits per heavy atom. The van der Waals surface area contributed by atoms with Crippen molar-refractivity contribution in [1.29, 1.82) is 0 Å². The first-order valence-electron chi connectivity index (χ1n) is 6.13. The van der Waals surface area contributed by atoms with Crippen LogP contribution in [0.4, 0.5) is 5.82 Å². The van der Waals surface area contributed by atoms with Gasteiger partial charge in [-0.15, -0.1) is 0 Å². The van der Waals surface area contributed by atoms with E-state index in [0.717, 1.165) is 22.5 Å². The average Bonchev–Trinajstić information content (AvgIpc) is 2.42. The van der Waals surface area contributed by atoms with Gasteiger partial charge in [0.2, 0.25) is 0 Å². The smallest absolute Gasteiger partial charge is 0.126 e. The number of ether oxygens (including phenoxy) is 1. The molecule has 0 amide bonds. The zero-order valence-corrected chi connectivity index (χ0v) is 12.7. The third kappa shape index (κ3) is 3.78. The van der Waals surface area contributed by atoms with Crippen LogP contribution in [-0.2, 0) is 17.9 Å². The number of nitrogens with one attached hydrogen (secondary N) is 1. The highest BCUT2D eigenvalue weighted by atomic mass is 79.9. The molecule has 19 heavy (non-hydrogen) atoms. The van der Waals surface area contributed by atoms with Crippen molar-refractivity contribution in [2.75, 3.05) is 12.4 Å². The van der Waals surface area contributed by atoms with Crippen molar-refractivity contribution in [3.8, 4) is 0 Å². The van der Waals surface area contributed by atoms with Gasteiger partial charge in [0.1, 0.15) is 5.82 Å². The van der Waals surface area contributed by atoms with Crippen molar-refractivity contribution in [3.05, 3.63) is 57.7 Å². The number of hydrogen-bond acceptors (Lipinski definition) is 3. The van der Waals surface area contributed by atoms with E-state index < -0.39 is 0 Å². The SMILES string of the molecule is COCc1ccccc1CNc1ccc(Br)c(C)n1. The van der Waals surface area contributed by atoms with E-state index in [-0.39, 0.29) is 0 Å². The minimum atomic E-state index is 0.630. The van der Waals surface area contributed by atoms with E-state index in [1.54, 1.807) is 7.11 Å². The molecule has 0 radical (unpaired) electrons. The van der Waals surface area contributed by atoms with Gasteiger partial charge in [0, 0.05) is 18.1 Å². The van der Waals surface area contributed by atoms with Gasteiger partial charge in [-0.2, -0.15) is 0 Å². The van der Waals surface area contributed by atoms with Gasteiger partial charge in [-0.1, -0.05) is 24.3 Å². The summed E-state index contributed by atoms with van der Waals surface area (Å²) in [5.74, 6) is 0.882. The zero-order valence-electron chi connectivity index (χ0n) is 11.1. The third-order valence-electron chi connectivity index (χ3n) is 2.90. The molecule has 0 saturated carbocycles. The first kappa shape index (κ1) is 14.0. The van der Waals surface area contributed by atoms with E-state index in [9.17, 15) is 0 Å². The molecule has 0 aliphatic carbocycles. The summed E-state index contributed by atoms with van der Waals surface area (Å²) in [6, 6.07) is 12.2. The highest BCUT2D eigenvalue weighted by Gasteiger charge is 2.03. The van der Waals surface area contributed by atoms with Gasteiger partial charge in [0.25, 0.3) is 0 Å². The number of pyridine rings is 1. The minimum Gasteiger partial charge on any atom is -0.380 e. The Kier molecular flexibility index (Phi) is 4.93. The molecule has 0 aliphatic heterocycles. The largest absolute Gasteiger partial charge is 0.380 e. The highest BCUT2D eigenvalue weighted by molar-refractivity contribution is 9.10. The zero-order chi connectivity index (χ0) is 13.7. The van der Waals surface area contributed by atoms with Crippen molar-refractivity contribution in [1.82, 2.24) is 4.98 Å². The number of nitrogens with zero attached hydrogens (tertiary/aromatic N) is 1. The monoisotopic (exact) mass is 320 g/mol. The van der Waals surface area contributed by atoms with Crippen LogP contribution in [0.5, 0.6) is 0 Å². The maximum absolute atomic E-state index is 5.21. The highest BCUT2D eigenvalue weighted by Crippen LogP contribution is 2.17. The summed E-state index contributed by atoms with van der Waals surface area (Å²) in [7, 11) is 1.71. The Bertz CT molecular complexity index is 558. The number of methoxy groups -OCH3 is 1. The van der Waals surface area contributed by atoms with E-state index in [0.29, 0.717) is 6.61 Å². The topological polar surface area (TPSA) is 34.1 Å². The minimum absolute atomic E-state index is 0.630. The first-order chi connectivity index (χ1) is 9.20. The van der Waals surface area contributed by atoms with Gasteiger partial charge in [0.05, 0.1) is 12.3 Å². The predicted molar refractivity (Wildman–Crippen MR) is 81.2 cm³/mol. The molecule has 0 aliphatic rings. The average molecular weight is 321 g/mol. The maximum Gasteiger partial charge on any atom is 0.126 e. The molecule has 2 rings (SSSR count). The Morgan fingerprint density at radius 2 is 1.89 bits per heavy atom. The van der Waals surface area contributed by atoms with Gasteiger partial charge in [-0.05, 0) is 46.1 Å². The third-order valence-corrected chi connectivity index (χ3v) is 3.74. The molecular formula is C15H17BrN2O. The summed E-state index contributed by atoms with van der Waals surface area (Å²) in [4.78, 5) is 4.47. The van der Waals surface area contributed by atoms with Gasteiger partial charge < -0.3 is 10.1 Å². The van der Waals surface area contributed by atoms with Crippen molar-refractivity contribution in [3.63, 3.8) is 0 Å². The summed E-state index contributed by atoms with van der Waals surface area (Å²) < 4.78 is 6.23. The molecule has 1 aromatic carbocycles. The fraction of sp³-hybridized carbons (Fsp3) is 0.267. The van der Waals surface area contributed by atoms with Crippen LogP contribution >= 0.6 is 15.9 Å². The first-order valence-corrected chi connectivity index (χ1v) is 6.92. The van der Waals surface area contributed by atoms with Gasteiger partial charge in [0.15, 0.2) is 0 Å². The van der Waals surface area contributed by atoms with Crippen LogP contribution in [0.25, 0.3) is 0 Å². The summed E-state index contributed by atoms with van der Waals surface area (Å²) in [6.45, 7) is 3.35.